The van der Waals surface area contributed by atoms with E-state index >= 15 is 0 Å². The molecule has 5 nitrogen and oxygen atoms in total. The molecule has 0 saturated heterocycles. The van der Waals surface area contributed by atoms with Gasteiger partial charge in [0.15, 0.2) is 5.76 Å². The Kier molecular flexibility index (Phi) is 4.49. The van der Waals surface area contributed by atoms with Gasteiger partial charge in [-0.15, -0.1) is 0 Å². The molecule has 1 aromatic carbocycles. The minimum absolute atomic E-state index is 0.181. The molecule has 0 radical (unpaired) electrons. The van der Waals surface area contributed by atoms with Crippen LogP contribution in [0.25, 0.3) is 0 Å². The highest BCUT2D eigenvalue weighted by atomic mass is 16.4. The molecule has 0 fully saturated rings. The van der Waals surface area contributed by atoms with Gasteiger partial charge in [-0.3, -0.25) is 5.41 Å². The Balaban J connectivity index is 1.81. The molecule has 23 heavy (non-hydrogen) atoms. The van der Waals surface area contributed by atoms with Crippen LogP contribution in [0.1, 0.15) is 22.6 Å². The first kappa shape index (κ1) is 15.0. The third-order valence-electron chi connectivity index (χ3n) is 3.44. The van der Waals surface area contributed by atoms with Gasteiger partial charge >= 0.3 is 0 Å². The quantitative estimate of drug-likeness (QED) is 0.611. The smallest absolute Gasteiger partial charge is 0.152 e. The average Bonchev–Trinajstić information content (AvgIpc) is 3.10. The highest BCUT2D eigenvalue weighted by Crippen LogP contribution is 2.19. The number of aromatic nitrogens is 1. The summed E-state index contributed by atoms with van der Waals surface area (Å²) >= 11 is 0. The standard InChI is InChI=1S/C18H17N3O2/c19-17(16-9-8-14(12-22)23-16)15-7-4-10-20-18(15)21-11-13-5-2-1-3-6-13/h1-10,19,22H,11-12H2,(H,20,21). The van der Waals surface area contributed by atoms with E-state index in [0.717, 1.165) is 5.56 Å². The maximum absolute atomic E-state index is 9.08. The molecule has 0 aliphatic rings. The van der Waals surface area contributed by atoms with Crippen molar-refractivity contribution in [3.05, 3.63) is 83.4 Å². The number of benzene rings is 1. The van der Waals surface area contributed by atoms with Crippen molar-refractivity contribution in [1.29, 1.82) is 5.41 Å². The van der Waals surface area contributed by atoms with E-state index in [1.165, 1.54) is 0 Å². The molecule has 0 saturated carbocycles. The number of hydrogen-bond donors (Lipinski definition) is 3. The third kappa shape index (κ3) is 3.46. The molecule has 0 aliphatic heterocycles. The van der Waals surface area contributed by atoms with Crippen LogP contribution in [-0.4, -0.2) is 15.8 Å². The lowest BCUT2D eigenvalue weighted by Gasteiger charge is -2.10. The Morgan fingerprint density at radius 3 is 2.65 bits per heavy atom. The highest BCUT2D eigenvalue weighted by Gasteiger charge is 2.14. The first-order valence-corrected chi connectivity index (χ1v) is 7.29. The van der Waals surface area contributed by atoms with Crippen molar-refractivity contribution < 1.29 is 9.52 Å². The molecule has 0 aliphatic carbocycles. The minimum Gasteiger partial charge on any atom is -0.457 e. The summed E-state index contributed by atoms with van der Waals surface area (Å²) in [7, 11) is 0. The van der Waals surface area contributed by atoms with Gasteiger partial charge in [0.25, 0.3) is 0 Å². The summed E-state index contributed by atoms with van der Waals surface area (Å²) in [5.74, 6) is 1.47. The highest BCUT2D eigenvalue weighted by molar-refractivity contribution is 6.11. The second kappa shape index (κ2) is 6.89. The second-order valence-electron chi connectivity index (χ2n) is 5.04. The van der Waals surface area contributed by atoms with Gasteiger partial charge in [-0.05, 0) is 29.8 Å². The van der Waals surface area contributed by atoms with Gasteiger partial charge in [-0.25, -0.2) is 4.98 Å². The summed E-state index contributed by atoms with van der Waals surface area (Å²) in [6.45, 7) is 0.442. The van der Waals surface area contributed by atoms with E-state index in [0.29, 0.717) is 29.4 Å². The molecule has 0 spiro atoms. The summed E-state index contributed by atoms with van der Waals surface area (Å²) < 4.78 is 5.44. The normalized spacial score (nSPS) is 10.5. The van der Waals surface area contributed by atoms with E-state index in [9.17, 15) is 0 Å². The molecule has 2 heterocycles. The first-order chi connectivity index (χ1) is 11.3. The number of aliphatic hydroxyl groups is 1. The van der Waals surface area contributed by atoms with E-state index < -0.39 is 0 Å². The number of rotatable bonds is 6. The predicted molar refractivity (Wildman–Crippen MR) is 88.6 cm³/mol. The molecule has 3 N–H and O–H groups in total. The van der Waals surface area contributed by atoms with Crippen LogP contribution in [0.15, 0.2) is 65.2 Å². The molecular formula is C18H17N3O2. The third-order valence-corrected chi connectivity index (χ3v) is 3.44. The van der Waals surface area contributed by atoms with Crippen LogP contribution in [0.2, 0.25) is 0 Å². The number of hydrogen-bond acceptors (Lipinski definition) is 5. The van der Waals surface area contributed by atoms with Gasteiger partial charge in [-0.1, -0.05) is 30.3 Å². The summed E-state index contributed by atoms with van der Waals surface area (Å²) in [6.07, 6.45) is 1.69. The summed E-state index contributed by atoms with van der Waals surface area (Å²) in [5, 5.41) is 20.7. The molecule has 0 unspecified atom stereocenters. The van der Waals surface area contributed by atoms with E-state index in [1.54, 1.807) is 24.4 Å². The number of aliphatic hydroxyl groups excluding tert-OH is 1. The van der Waals surface area contributed by atoms with Gasteiger partial charge < -0.3 is 14.8 Å². The minimum atomic E-state index is -0.181. The van der Waals surface area contributed by atoms with Crippen molar-refractivity contribution in [3.63, 3.8) is 0 Å². The fourth-order valence-corrected chi connectivity index (χ4v) is 2.26. The molecule has 2 aromatic heterocycles. The lowest BCUT2D eigenvalue weighted by atomic mass is 10.1. The topological polar surface area (TPSA) is 82.1 Å². The van der Waals surface area contributed by atoms with Crippen LogP contribution in [0, 0.1) is 5.41 Å². The molecular weight excluding hydrogens is 290 g/mol. The number of nitrogens with one attached hydrogen (secondary N) is 2. The van der Waals surface area contributed by atoms with Crippen molar-refractivity contribution in [2.75, 3.05) is 5.32 Å². The fraction of sp³-hybridized carbons (Fsp3) is 0.111. The number of pyridine rings is 1. The van der Waals surface area contributed by atoms with Crippen LogP contribution in [0.3, 0.4) is 0 Å². The number of furan rings is 1. The summed E-state index contributed by atoms with van der Waals surface area (Å²) in [4.78, 5) is 4.32. The largest absolute Gasteiger partial charge is 0.457 e. The van der Waals surface area contributed by atoms with Crippen LogP contribution in [0.4, 0.5) is 5.82 Å². The molecule has 116 valence electrons. The average molecular weight is 307 g/mol. The molecule has 3 aromatic rings. The summed E-state index contributed by atoms with van der Waals surface area (Å²) in [5.41, 5.74) is 2.02. The van der Waals surface area contributed by atoms with Gasteiger partial charge in [0.05, 0.1) is 0 Å². The molecule has 3 rings (SSSR count). The fourth-order valence-electron chi connectivity index (χ4n) is 2.26. The molecule has 5 heteroatoms. The number of anilines is 1. The zero-order valence-corrected chi connectivity index (χ0v) is 12.5. The van der Waals surface area contributed by atoms with Crippen molar-refractivity contribution in [3.8, 4) is 0 Å². The zero-order valence-electron chi connectivity index (χ0n) is 12.5. The molecule has 0 bridgehead atoms. The SMILES string of the molecule is N=C(c1ccc(CO)o1)c1cccnc1NCc1ccccc1. The number of nitrogens with zero attached hydrogens (tertiary/aromatic N) is 1. The van der Waals surface area contributed by atoms with Crippen LogP contribution in [0.5, 0.6) is 0 Å². The zero-order chi connectivity index (χ0) is 16.1. The van der Waals surface area contributed by atoms with Gasteiger partial charge in [0.2, 0.25) is 0 Å². The Morgan fingerprint density at radius 1 is 1.09 bits per heavy atom. The Labute approximate surface area is 134 Å². The summed E-state index contributed by atoms with van der Waals surface area (Å²) in [6, 6.07) is 17.0. The van der Waals surface area contributed by atoms with E-state index in [2.05, 4.69) is 10.3 Å². The second-order valence-corrected chi connectivity index (χ2v) is 5.04. The molecule has 0 amide bonds. The van der Waals surface area contributed by atoms with Crippen LogP contribution >= 0.6 is 0 Å². The van der Waals surface area contributed by atoms with Gasteiger partial charge in [0.1, 0.15) is 23.9 Å². The monoisotopic (exact) mass is 307 g/mol. The first-order valence-electron chi connectivity index (χ1n) is 7.29. The lowest BCUT2D eigenvalue weighted by Crippen LogP contribution is -2.09. The lowest BCUT2D eigenvalue weighted by molar-refractivity contribution is 0.246. The Hall–Kier alpha value is -2.92. The van der Waals surface area contributed by atoms with E-state index in [4.69, 9.17) is 14.9 Å². The van der Waals surface area contributed by atoms with Crippen molar-refractivity contribution in [2.24, 2.45) is 0 Å². The van der Waals surface area contributed by atoms with Crippen molar-refractivity contribution in [1.82, 2.24) is 4.98 Å². The van der Waals surface area contributed by atoms with Gasteiger partial charge in [-0.2, -0.15) is 0 Å². The molecule has 0 atom stereocenters. The maximum Gasteiger partial charge on any atom is 0.152 e. The Bertz CT molecular complexity index is 797. The van der Waals surface area contributed by atoms with Crippen LogP contribution in [-0.2, 0) is 13.2 Å². The van der Waals surface area contributed by atoms with E-state index in [1.807, 2.05) is 36.4 Å². The Morgan fingerprint density at radius 2 is 1.91 bits per heavy atom. The van der Waals surface area contributed by atoms with Crippen molar-refractivity contribution in [2.45, 2.75) is 13.2 Å². The maximum atomic E-state index is 9.08. The van der Waals surface area contributed by atoms with Gasteiger partial charge in [0, 0.05) is 18.3 Å². The van der Waals surface area contributed by atoms with E-state index in [-0.39, 0.29) is 12.3 Å². The van der Waals surface area contributed by atoms with Crippen LogP contribution < -0.4 is 5.32 Å². The predicted octanol–water partition coefficient (Wildman–Crippen LogP) is 3.20. The van der Waals surface area contributed by atoms with Crippen molar-refractivity contribution >= 4 is 11.5 Å².